The standard InChI is InChI=1S/C16H24N4O2/c1-2-3-5-9-18-15(21)16(22)20-12-10-19(11-13-20)14-7-4-6-8-17-14/h4,6-8H,2-3,5,9-13H2,1H3,(H,18,21). The zero-order chi connectivity index (χ0) is 15.8. The number of carbonyl (C=O) groups excluding carboxylic acids is 2. The zero-order valence-electron chi connectivity index (χ0n) is 13.1. The molecule has 1 saturated heterocycles. The Hall–Kier alpha value is -2.11. The van der Waals surface area contributed by atoms with E-state index in [4.69, 9.17) is 0 Å². The van der Waals surface area contributed by atoms with Crippen LogP contribution in [0.3, 0.4) is 0 Å². The number of unbranched alkanes of at least 4 members (excludes halogenated alkanes) is 2. The highest BCUT2D eigenvalue weighted by molar-refractivity contribution is 6.35. The summed E-state index contributed by atoms with van der Waals surface area (Å²) in [6.45, 7) is 5.19. The number of piperazine rings is 1. The molecule has 1 aromatic rings. The van der Waals surface area contributed by atoms with E-state index in [0.717, 1.165) is 25.1 Å². The Bertz CT molecular complexity index is 484. The summed E-state index contributed by atoms with van der Waals surface area (Å²) in [6.07, 6.45) is 4.84. The fourth-order valence-electron chi connectivity index (χ4n) is 2.48. The van der Waals surface area contributed by atoms with Crippen LogP contribution in [-0.4, -0.2) is 54.4 Å². The normalized spacial score (nSPS) is 14.8. The number of pyridine rings is 1. The van der Waals surface area contributed by atoms with E-state index < -0.39 is 11.8 Å². The minimum Gasteiger partial charge on any atom is -0.353 e. The highest BCUT2D eigenvalue weighted by Crippen LogP contribution is 2.12. The third-order valence-corrected chi connectivity index (χ3v) is 3.80. The molecule has 6 heteroatoms. The number of aromatic nitrogens is 1. The van der Waals surface area contributed by atoms with Crippen LogP contribution in [0.5, 0.6) is 0 Å². The maximum absolute atomic E-state index is 12.1. The highest BCUT2D eigenvalue weighted by atomic mass is 16.2. The molecule has 1 aromatic heterocycles. The lowest BCUT2D eigenvalue weighted by Gasteiger charge is -2.34. The smallest absolute Gasteiger partial charge is 0.312 e. The second-order valence-corrected chi connectivity index (χ2v) is 5.43. The lowest BCUT2D eigenvalue weighted by Crippen LogP contribution is -2.52. The van der Waals surface area contributed by atoms with Gasteiger partial charge < -0.3 is 15.1 Å². The van der Waals surface area contributed by atoms with E-state index in [1.165, 1.54) is 0 Å². The monoisotopic (exact) mass is 304 g/mol. The van der Waals surface area contributed by atoms with Crippen molar-refractivity contribution in [3.8, 4) is 0 Å². The fourth-order valence-corrected chi connectivity index (χ4v) is 2.48. The fraction of sp³-hybridized carbons (Fsp3) is 0.562. The Morgan fingerprint density at radius 3 is 2.59 bits per heavy atom. The Kier molecular flexibility index (Phi) is 6.18. The third kappa shape index (κ3) is 4.44. The number of amides is 2. The summed E-state index contributed by atoms with van der Waals surface area (Å²) in [5, 5.41) is 2.70. The van der Waals surface area contributed by atoms with Crippen LogP contribution in [0.15, 0.2) is 24.4 Å². The minimum atomic E-state index is -0.484. The van der Waals surface area contributed by atoms with Crippen molar-refractivity contribution in [3.05, 3.63) is 24.4 Å². The number of hydrogen-bond acceptors (Lipinski definition) is 4. The van der Waals surface area contributed by atoms with Crippen LogP contribution in [0, 0.1) is 0 Å². The second kappa shape index (κ2) is 8.36. The van der Waals surface area contributed by atoms with Gasteiger partial charge in [0.1, 0.15) is 5.82 Å². The SMILES string of the molecule is CCCCCNC(=O)C(=O)N1CCN(c2ccccn2)CC1. The van der Waals surface area contributed by atoms with Crippen LogP contribution in [0.1, 0.15) is 26.2 Å². The van der Waals surface area contributed by atoms with E-state index in [0.29, 0.717) is 32.7 Å². The van der Waals surface area contributed by atoms with Gasteiger partial charge in [0.25, 0.3) is 0 Å². The lowest BCUT2D eigenvalue weighted by atomic mass is 10.2. The molecule has 1 fully saturated rings. The van der Waals surface area contributed by atoms with Crippen molar-refractivity contribution in [2.45, 2.75) is 26.2 Å². The van der Waals surface area contributed by atoms with Crippen molar-refractivity contribution >= 4 is 17.6 Å². The van der Waals surface area contributed by atoms with Crippen LogP contribution in [-0.2, 0) is 9.59 Å². The number of nitrogens with one attached hydrogen (secondary N) is 1. The molecule has 120 valence electrons. The lowest BCUT2D eigenvalue weighted by molar-refractivity contribution is -0.146. The van der Waals surface area contributed by atoms with E-state index in [1.54, 1.807) is 11.1 Å². The van der Waals surface area contributed by atoms with Gasteiger partial charge in [0.15, 0.2) is 0 Å². The molecule has 0 aliphatic carbocycles. The summed E-state index contributed by atoms with van der Waals surface area (Å²) in [6, 6.07) is 5.79. The van der Waals surface area contributed by atoms with Gasteiger partial charge in [-0.3, -0.25) is 9.59 Å². The average molecular weight is 304 g/mol. The van der Waals surface area contributed by atoms with Crippen molar-refractivity contribution in [1.82, 2.24) is 15.2 Å². The molecule has 0 bridgehead atoms. The van der Waals surface area contributed by atoms with E-state index in [-0.39, 0.29) is 0 Å². The summed E-state index contributed by atoms with van der Waals surface area (Å²) in [7, 11) is 0. The molecule has 0 radical (unpaired) electrons. The summed E-state index contributed by atoms with van der Waals surface area (Å²) >= 11 is 0. The first-order chi connectivity index (χ1) is 10.7. The number of nitrogens with zero attached hydrogens (tertiary/aromatic N) is 3. The predicted octanol–water partition coefficient (Wildman–Crippen LogP) is 1.04. The first kappa shape index (κ1) is 16.3. The molecule has 2 heterocycles. The molecule has 0 saturated carbocycles. The topological polar surface area (TPSA) is 65.5 Å². The van der Waals surface area contributed by atoms with Gasteiger partial charge in [-0.15, -0.1) is 0 Å². The van der Waals surface area contributed by atoms with Gasteiger partial charge in [-0.1, -0.05) is 25.8 Å². The van der Waals surface area contributed by atoms with Crippen LogP contribution in [0.2, 0.25) is 0 Å². The quantitative estimate of drug-likeness (QED) is 0.652. The maximum Gasteiger partial charge on any atom is 0.312 e. The Balaban J connectivity index is 1.76. The molecule has 0 unspecified atom stereocenters. The molecule has 0 spiro atoms. The Morgan fingerprint density at radius 2 is 1.95 bits per heavy atom. The van der Waals surface area contributed by atoms with E-state index >= 15 is 0 Å². The molecule has 6 nitrogen and oxygen atoms in total. The summed E-state index contributed by atoms with van der Waals surface area (Å²) in [5.74, 6) is 0.0122. The van der Waals surface area contributed by atoms with Crippen molar-refractivity contribution in [2.75, 3.05) is 37.6 Å². The minimum absolute atomic E-state index is 0.419. The summed E-state index contributed by atoms with van der Waals surface area (Å²) < 4.78 is 0. The molecule has 1 N–H and O–H groups in total. The van der Waals surface area contributed by atoms with E-state index in [1.807, 2.05) is 18.2 Å². The summed E-state index contributed by atoms with van der Waals surface area (Å²) in [4.78, 5) is 32.0. The van der Waals surface area contributed by atoms with Crippen LogP contribution >= 0.6 is 0 Å². The van der Waals surface area contributed by atoms with Crippen molar-refractivity contribution in [3.63, 3.8) is 0 Å². The largest absolute Gasteiger partial charge is 0.353 e. The van der Waals surface area contributed by atoms with Crippen LogP contribution in [0.4, 0.5) is 5.82 Å². The molecule has 1 aliphatic rings. The number of rotatable bonds is 5. The molecule has 0 aromatic carbocycles. The zero-order valence-corrected chi connectivity index (χ0v) is 13.1. The Morgan fingerprint density at radius 1 is 1.18 bits per heavy atom. The average Bonchev–Trinajstić information content (AvgIpc) is 2.59. The molecule has 2 rings (SSSR count). The predicted molar refractivity (Wildman–Crippen MR) is 85.6 cm³/mol. The van der Waals surface area contributed by atoms with Crippen molar-refractivity contribution in [1.29, 1.82) is 0 Å². The summed E-state index contributed by atoms with van der Waals surface area (Å²) in [5.41, 5.74) is 0. The second-order valence-electron chi connectivity index (χ2n) is 5.43. The van der Waals surface area contributed by atoms with Gasteiger partial charge in [-0.25, -0.2) is 4.98 Å². The number of carbonyl (C=O) groups is 2. The van der Waals surface area contributed by atoms with Gasteiger partial charge in [0, 0.05) is 38.9 Å². The highest BCUT2D eigenvalue weighted by Gasteiger charge is 2.26. The molecule has 22 heavy (non-hydrogen) atoms. The molecule has 2 amide bonds. The molecular weight excluding hydrogens is 280 g/mol. The van der Waals surface area contributed by atoms with Crippen LogP contribution < -0.4 is 10.2 Å². The number of hydrogen-bond donors (Lipinski definition) is 1. The van der Waals surface area contributed by atoms with Gasteiger partial charge in [-0.05, 0) is 18.6 Å². The molecular formula is C16H24N4O2. The van der Waals surface area contributed by atoms with Gasteiger partial charge in [-0.2, -0.15) is 0 Å². The number of anilines is 1. The van der Waals surface area contributed by atoms with E-state index in [2.05, 4.69) is 22.1 Å². The Labute approximate surface area is 131 Å². The van der Waals surface area contributed by atoms with Gasteiger partial charge >= 0.3 is 11.8 Å². The van der Waals surface area contributed by atoms with E-state index in [9.17, 15) is 9.59 Å². The maximum atomic E-state index is 12.1. The van der Waals surface area contributed by atoms with Crippen LogP contribution in [0.25, 0.3) is 0 Å². The van der Waals surface area contributed by atoms with Crippen molar-refractivity contribution < 1.29 is 9.59 Å². The first-order valence-electron chi connectivity index (χ1n) is 7.95. The van der Waals surface area contributed by atoms with Gasteiger partial charge in [0.2, 0.25) is 0 Å². The molecule has 1 aliphatic heterocycles. The van der Waals surface area contributed by atoms with Crippen molar-refractivity contribution in [2.24, 2.45) is 0 Å². The first-order valence-corrected chi connectivity index (χ1v) is 7.95. The molecule has 0 atom stereocenters. The third-order valence-electron chi connectivity index (χ3n) is 3.80. The van der Waals surface area contributed by atoms with Gasteiger partial charge in [0.05, 0.1) is 0 Å².